The number of hydrogen-bond donors (Lipinski definition) is 2. The summed E-state index contributed by atoms with van der Waals surface area (Å²) in [5, 5.41) is 13.8. The molecule has 2 aromatic rings. The molecule has 0 amide bonds. The third-order valence-corrected chi connectivity index (χ3v) is 5.05. The van der Waals surface area contributed by atoms with Crippen molar-refractivity contribution in [2.45, 2.75) is 26.3 Å². The molecule has 1 saturated carbocycles. The molecule has 1 aliphatic carbocycles. The minimum Gasteiger partial charge on any atom is -0.477 e. The predicted molar refractivity (Wildman–Crippen MR) is 77.8 cm³/mol. The number of rotatable bonds is 5. The Kier molecular flexibility index (Phi) is 3.07. The van der Waals surface area contributed by atoms with Gasteiger partial charge in [0.15, 0.2) is 0 Å². The topological polar surface area (TPSA) is 49.3 Å². The fourth-order valence-electron chi connectivity index (χ4n) is 2.33. The van der Waals surface area contributed by atoms with Gasteiger partial charge in [-0.3, -0.25) is 0 Å². The van der Waals surface area contributed by atoms with Crippen LogP contribution in [0.2, 0.25) is 0 Å². The first-order chi connectivity index (χ1) is 9.09. The van der Waals surface area contributed by atoms with Crippen molar-refractivity contribution in [1.29, 1.82) is 0 Å². The lowest BCUT2D eigenvalue weighted by atomic mass is 10.1. The van der Waals surface area contributed by atoms with Gasteiger partial charge >= 0.3 is 5.97 Å². The third-order valence-electron chi connectivity index (χ3n) is 3.85. The zero-order valence-corrected chi connectivity index (χ0v) is 11.7. The van der Waals surface area contributed by atoms with Gasteiger partial charge in [-0.1, -0.05) is 25.1 Å². The molecule has 0 unspecified atom stereocenters. The van der Waals surface area contributed by atoms with Crippen LogP contribution in [0.1, 0.15) is 35.0 Å². The van der Waals surface area contributed by atoms with E-state index >= 15 is 0 Å². The van der Waals surface area contributed by atoms with E-state index < -0.39 is 5.97 Å². The van der Waals surface area contributed by atoms with Crippen LogP contribution < -0.4 is 5.32 Å². The first-order valence-electron chi connectivity index (χ1n) is 6.53. The van der Waals surface area contributed by atoms with Crippen LogP contribution in [0.4, 0.5) is 0 Å². The van der Waals surface area contributed by atoms with Crippen LogP contribution in [-0.2, 0) is 6.54 Å². The molecule has 2 N–H and O–H groups in total. The number of fused-ring (bicyclic) bond motifs is 1. The number of nitrogens with one attached hydrogen (secondary N) is 1. The van der Waals surface area contributed by atoms with E-state index in [0.717, 1.165) is 22.2 Å². The molecule has 0 radical (unpaired) electrons. The Bertz CT molecular complexity index is 628. The predicted octanol–water partition coefficient (Wildman–Crippen LogP) is 3.49. The molecule has 100 valence electrons. The van der Waals surface area contributed by atoms with E-state index in [1.165, 1.54) is 24.2 Å². The largest absolute Gasteiger partial charge is 0.477 e. The zero-order chi connectivity index (χ0) is 13.5. The molecule has 0 bridgehead atoms. The summed E-state index contributed by atoms with van der Waals surface area (Å²) in [5.41, 5.74) is 1.37. The van der Waals surface area contributed by atoms with Gasteiger partial charge in [0.2, 0.25) is 0 Å². The van der Waals surface area contributed by atoms with Crippen LogP contribution in [0.3, 0.4) is 0 Å². The second-order valence-electron chi connectivity index (χ2n) is 5.63. The van der Waals surface area contributed by atoms with Crippen molar-refractivity contribution in [2.24, 2.45) is 5.41 Å². The molecule has 0 spiro atoms. The maximum atomic E-state index is 11.3. The van der Waals surface area contributed by atoms with Gasteiger partial charge in [-0.05, 0) is 35.3 Å². The Morgan fingerprint density at radius 3 is 2.84 bits per heavy atom. The molecule has 3 nitrogen and oxygen atoms in total. The monoisotopic (exact) mass is 275 g/mol. The molecule has 0 atom stereocenters. The summed E-state index contributed by atoms with van der Waals surface area (Å²) in [6.07, 6.45) is 2.55. The highest BCUT2D eigenvalue weighted by molar-refractivity contribution is 7.21. The van der Waals surface area contributed by atoms with Gasteiger partial charge < -0.3 is 10.4 Å². The smallest absolute Gasteiger partial charge is 0.346 e. The maximum Gasteiger partial charge on any atom is 0.346 e. The van der Waals surface area contributed by atoms with E-state index in [1.54, 1.807) is 0 Å². The molecule has 1 aliphatic rings. The van der Waals surface area contributed by atoms with Gasteiger partial charge in [0.25, 0.3) is 0 Å². The van der Waals surface area contributed by atoms with E-state index in [9.17, 15) is 9.90 Å². The number of carboxylic acid groups (broad SMARTS) is 1. The van der Waals surface area contributed by atoms with Crippen LogP contribution in [0.15, 0.2) is 24.3 Å². The minimum atomic E-state index is -0.823. The summed E-state index contributed by atoms with van der Waals surface area (Å²) in [5.74, 6) is -0.823. The van der Waals surface area contributed by atoms with Gasteiger partial charge in [0.05, 0.1) is 0 Å². The van der Waals surface area contributed by atoms with E-state index in [1.807, 2.05) is 24.3 Å². The molecular formula is C15H17NO2S. The third kappa shape index (κ3) is 2.51. The number of hydrogen-bond acceptors (Lipinski definition) is 3. The number of benzene rings is 1. The highest BCUT2D eigenvalue weighted by Crippen LogP contribution is 2.44. The molecule has 1 heterocycles. The SMILES string of the molecule is CC1(CNCc2c(C(=O)O)sc3ccccc23)CC1. The summed E-state index contributed by atoms with van der Waals surface area (Å²) in [6, 6.07) is 7.91. The number of aromatic carboxylic acids is 1. The fourth-order valence-corrected chi connectivity index (χ4v) is 3.39. The van der Waals surface area contributed by atoms with Crippen molar-refractivity contribution in [3.05, 3.63) is 34.7 Å². The Morgan fingerprint density at radius 2 is 2.16 bits per heavy atom. The van der Waals surface area contributed by atoms with Gasteiger partial charge in [0, 0.05) is 17.8 Å². The quantitative estimate of drug-likeness (QED) is 0.878. The van der Waals surface area contributed by atoms with Crippen molar-refractivity contribution in [1.82, 2.24) is 5.32 Å². The lowest BCUT2D eigenvalue weighted by molar-refractivity contribution is 0.0701. The molecule has 0 saturated heterocycles. The van der Waals surface area contributed by atoms with E-state index in [0.29, 0.717) is 16.8 Å². The summed E-state index contributed by atoms with van der Waals surface area (Å²) >= 11 is 1.37. The van der Waals surface area contributed by atoms with Gasteiger partial charge in [-0.25, -0.2) is 4.79 Å². The van der Waals surface area contributed by atoms with Crippen LogP contribution in [-0.4, -0.2) is 17.6 Å². The number of carbonyl (C=O) groups is 1. The number of carboxylic acids is 1. The average molecular weight is 275 g/mol. The van der Waals surface area contributed by atoms with Crippen LogP contribution in [0, 0.1) is 5.41 Å². The highest BCUT2D eigenvalue weighted by Gasteiger charge is 2.36. The lowest BCUT2D eigenvalue weighted by Gasteiger charge is -2.10. The van der Waals surface area contributed by atoms with Gasteiger partial charge in [-0.2, -0.15) is 0 Å². The highest BCUT2D eigenvalue weighted by atomic mass is 32.1. The molecule has 1 aromatic heterocycles. The lowest BCUT2D eigenvalue weighted by Crippen LogP contribution is -2.22. The van der Waals surface area contributed by atoms with E-state index in [2.05, 4.69) is 12.2 Å². The summed E-state index contributed by atoms with van der Waals surface area (Å²) in [4.78, 5) is 11.8. The van der Waals surface area contributed by atoms with Crippen molar-refractivity contribution < 1.29 is 9.90 Å². The molecule has 1 aromatic carbocycles. The van der Waals surface area contributed by atoms with Crippen molar-refractivity contribution in [2.75, 3.05) is 6.54 Å². The van der Waals surface area contributed by atoms with Crippen molar-refractivity contribution in [3.8, 4) is 0 Å². The Balaban J connectivity index is 1.86. The molecule has 1 fully saturated rings. The molecule has 0 aliphatic heterocycles. The average Bonchev–Trinajstić information content (AvgIpc) is 3.00. The summed E-state index contributed by atoms with van der Waals surface area (Å²) < 4.78 is 1.05. The van der Waals surface area contributed by atoms with Crippen LogP contribution >= 0.6 is 11.3 Å². The molecule has 4 heteroatoms. The zero-order valence-electron chi connectivity index (χ0n) is 10.9. The maximum absolute atomic E-state index is 11.3. The Labute approximate surface area is 116 Å². The Morgan fingerprint density at radius 1 is 1.42 bits per heavy atom. The second-order valence-corrected chi connectivity index (χ2v) is 6.68. The van der Waals surface area contributed by atoms with Crippen molar-refractivity contribution >= 4 is 27.4 Å². The minimum absolute atomic E-state index is 0.440. The molecule has 3 rings (SSSR count). The van der Waals surface area contributed by atoms with E-state index in [-0.39, 0.29) is 0 Å². The van der Waals surface area contributed by atoms with Crippen molar-refractivity contribution in [3.63, 3.8) is 0 Å². The summed E-state index contributed by atoms with van der Waals surface area (Å²) in [6.45, 7) is 3.88. The standard InChI is InChI=1S/C15H17NO2S/c1-15(6-7-15)9-16-8-11-10-4-2-3-5-12(10)19-13(11)14(17)18/h2-5,16H,6-9H2,1H3,(H,17,18). The fraction of sp³-hybridized carbons (Fsp3) is 0.400. The number of thiophene rings is 1. The normalized spacial score (nSPS) is 16.7. The second kappa shape index (κ2) is 4.62. The first-order valence-corrected chi connectivity index (χ1v) is 7.35. The van der Waals surface area contributed by atoms with E-state index in [4.69, 9.17) is 0 Å². The first kappa shape index (κ1) is 12.6. The van der Waals surface area contributed by atoms with Crippen LogP contribution in [0.5, 0.6) is 0 Å². The van der Waals surface area contributed by atoms with Crippen LogP contribution in [0.25, 0.3) is 10.1 Å². The molecule has 19 heavy (non-hydrogen) atoms. The summed E-state index contributed by atoms with van der Waals surface area (Å²) in [7, 11) is 0. The van der Waals surface area contributed by atoms with Gasteiger partial charge in [0.1, 0.15) is 4.88 Å². The van der Waals surface area contributed by atoms with Gasteiger partial charge in [-0.15, -0.1) is 11.3 Å². The molecular weight excluding hydrogens is 258 g/mol. The Hall–Kier alpha value is -1.39.